The van der Waals surface area contributed by atoms with Crippen LogP contribution in [0.15, 0.2) is 18.3 Å². The van der Waals surface area contributed by atoms with Crippen molar-refractivity contribution < 1.29 is 4.74 Å². The van der Waals surface area contributed by atoms with E-state index in [0.717, 1.165) is 5.69 Å². The Morgan fingerprint density at radius 2 is 1.79 bits per heavy atom. The Morgan fingerprint density at radius 3 is 2.32 bits per heavy atom. The van der Waals surface area contributed by atoms with Gasteiger partial charge in [0.2, 0.25) is 5.88 Å². The van der Waals surface area contributed by atoms with Crippen molar-refractivity contribution in [1.29, 1.82) is 0 Å². The maximum atomic E-state index is 5.57. The highest BCUT2D eigenvalue weighted by Gasteiger charge is 2.15. The Morgan fingerprint density at radius 1 is 1.16 bits per heavy atom. The molecule has 1 rings (SSSR count). The maximum absolute atomic E-state index is 5.57. The van der Waals surface area contributed by atoms with Crippen molar-refractivity contribution in [3.05, 3.63) is 18.3 Å². The number of nitrogens with one attached hydrogen (secondary N) is 1. The van der Waals surface area contributed by atoms with Crippen LogP contribution in [0.3, 0.4) is 0 Å². The van der Waals surface area contributed by atoms with Crippen molar-refractivity contribution in [2.45, 2.75) is 53.5 Å². The summed E-state index contributed by atoms with van der Waals surface area (Å²) in [6.07, 6.45) is 4.10. The molecule has 0 amide bonds. The zero-order chi connectivity index (χ0) is 14.3. The Kier molecular flexibility index (Phi) is 6.68. The standard InChI is InChI=1S/C16H28N2O/c1-6-19-16-15(8-7-9-17-16)18-14(10-12(2)3)11-13(4)5/h7-9,12-14,18H,6,10-11H2,1-5H3. The summed E-state index contributed by atoms with van der Waals surface area (Å²) in [6.45, 7) is 11.7. The summed E-state index contributed by atoms with van der Waals surface area (Å²) >= 11 is 0. The van der Waals surface area contributed by atoms with Crippen LogP contribution in [0.1, 0.15) is 47.5 Å². The summed E-state index contributed by atoms with van der Waals surface area (Å²) in [5.41, 5.74) is 1.01. The molecule has 0 spiro atoms. The van der Waals surface area contributed by atoms with Gasteiger partial charge in [0.15, 0.2) is 0 Å². The van der Waals surface area contributed by atoms with E-state index < -0.39 is 0 Å². The summed E-state index contributed by atoms with van der Waals surface area (Å²) in [7, 11) is 0. The predicted molar refractivity (Wildman–Crippen MR) is 81.7 cm³/mol. The van der Waals surface area contributed by atoms with Crippen LogP contribution in [0.4, 0.5) is 5.69 Å². The maximum Gasteiger partial charge on any atom is 0.237 e. The van der Waals surface area contributed by atoms with E-state index in [1.54, 1.807) is 6.20 Å². The molecule has 0 bridgehead atoms. The van der Waals surface area contributed by atoms with Crippen LogP contribution in [0.25, 0.3) is 0 Å². The van der Waals surface area contributed by atoms with Crippen LogP contribution in [0.5, 0.6) is 5.88 Å². The molecular weight excluding hydrogens is 236 g/mol. The van der Waals surface area contributed by atoms with Gasteiger partial charge in [-0.1, -0.05) is 27.7 Å². The fourth-order valence-corrected chi connectivity index (χ4v) is 2.32. The molecule has 0 saturated carbocycles. The van der Waals surface area contributed by atoms with E-state index in [2.05, 4.69) is 38.0 Å². The van der Waals surface area contributed by atoms with Gasteiger partial charge in [-0.25, -0.2) is 4.98 Å². The fraction of sp³-hybridized carbons (Fsp3) is 0.688. The van der Waals surface area contributed by atoms with E-state index >= 15 is 0 Å². The Labute approximate surface area is 117 Å². The van der Waals surface area contributed by atoms with Gasteiger partial charge in [-0.15, -0.1) is 0 Å². The second kappa shape index (κ2) is 8.03. The van der Waals surface area contributed by atoms with Crippen molar-refractivity contribution >= 4 is 5.69 Å². The number of hydrogen-bond donors (Lipinski definition) is 1. The molecule has 1 aromatic heterocycles. The van der Waals surface area contributed by atoms with Crippen LogP contribution in [0.2, 0.25) is 0 Å². The van der Waals surface area contributed by atoms with E-state index in [1.807, 2.05) is 19.1 Å². The third kappa shape index (κ3) is 5.95. The molecule has 0 unspecified atom stereocenters. The van der Waals surface area contributed by atoms with Gasteiger partial charge in [-0.05, 0) is 43.7 Å². The van der Waals surface area contributed by atoms with E-state index in [9.17, 15) is 0 Å². The fourth-order valence-electron chi connectivity index (χ4n) is 2.32. The number of rotatable bonds is 8. The minimum atomic E-state index is 0.475. The quantitative estimate of drug-likeness (QED) is 0.758. The number of pyridine rings is 1. The highest BCUT2D eigenvalue weighted by molar-refractivity contribution is 5.52. The molecule has 108 valence electrons. The largest absolute Gasteiger partial charge is 0.476 e. The summed E-state index contributed by atoms with van der Waals surface area (Å²) in [4.78, 5) is 4.30. The lowest BCUT2D eigenvalue weighted by atomic mass is 9.95. The molecule has 0 aromatic carbocycles. The van der Waals surface area contributed by atoms with Crippen LogP contribution in [-0.2, 0) is 0 Å². The van der Waals surface area contributed by atoms with Crippen molar-refractivity contribution in [3.8, 4) is 5.88 Å². The minimum absolute atomic E-state index is 0.475. The van der Waals surface area contributed by atoms with Crippen molar-refractivity contribution in [3.63, 3.8) is 0 Å². The Hall–Kier alpha value is -1.25. The lowest BCUT2D eigenvalue weighted by Gasteiger charge is -2.24. The summed E-state index contributed by atoms with van der Waals surface area (Å²) in [5, 5.41) is 3.61. The first-order valence-electron chi connectivity index (χ1n) is 7.37. The third-order valence-electron chi connectivity index (χ3n) is 2.92. The summed E-state index contributed by atoms with van der Waals surface area (Å²) in [6, 6.07) is 4.47. The second-order valence-corrected chi connectivity index (χ2v) is 5.89. The third-order valence-corrected chi connectivity index (χ3v) is 2.92. The lowest BCUT2D eigenvalue weighted by molar-refractivity contribution is 0.327. The minimum Gasteiger partial charge on any atom is -0.476 e. The monoisotopic (exact) mass is 264 g/mol. The molecule has 0 radical (unpaired) electrons. The highest BCUT2D eigenvalue weighted by Crippen LogP contribution is 2.25. The number of ether oxygens (including phenoxy) is 1. The molecule has 0 saturated heterocycles. The Bertz CT molecular complexity index is 354. The zero-order valence-corrected chi connectivity index (χ0v) is 12.9. The molecule has 3 heteroatoms. The van der Waals surface area contributed by atoms with Gasteiger partial charge in [-0.2, -0.15) is 0 Å². The molecule has 1 N–H and O–H groups in total. The first kappa shape index (κ1) is 15.8. The topological polar surface area (TPSA) is 34.1 Å². The first-order chi connectivity index (χ1) is 9.02. The van der Waals surface area contributed by atoms with Crippen molar-refractivity contribution in [2.24, 2.45) is 11.8 Å². The number of anilines is 1. The molecule has 1 aromatic rings. The van der Waals surface area contributed by atoms with Gasteiger partial charge in [0.05, 0.1) is 12.3 Å². The van der Waals surface area contributed by atoms with Gasteiger partial charge in [0, 0.05) is 12.2 Å². The van der Waals surface area contributed by atoms with Crippen molar-refractivity contribution in [1.82, 2.24) is 4.98 Å². The molecule has 1 heterocycles. The molecule has 3 nitrogen and oxygen atoms in total. The van der Waals surface area contributed by atoms with E-state index in [0.29, 0.717) is 30.4 Å². The SMILES string of the molecule is CCOc1ncccc1NC(CC(C)C)CC(C)C. The van der Waals surface area contributed by atoms with Gasteiger partial charge in [0.1, 0.15) is 0 Å². The predicted octanol–water partition coefficient (Wildman–Crippen LogP) is 4.35. The molecule has 0 fully saturated rings. The zero-order valence-electron chi connectivity index (χ0n) is 12.9. The molecule has 0 aliphatic heterocycles. The first-order valence-corrected chi connectivity index (χ1v) is 7.37. The van der Waals surface area contributed by atoms with Crippen LogP contribution in [-0.4, -0.2) is 17.6 Å². The average Bonchev–Trinajstić information content (AvgIpc) is 2.30. The van der Waals surface area contributed by atoms with Crippen molar-refractivity contribution in [2.75, 3.05) is 11.9 Å². The van der Waals surface area contributed by atoms with Crippen LogP contribution >= 0.6 is 0 Å². The molecular formula is C16H28N2O. The average molecular weight is 264 g/mol. The highest BCUT2D eigenvalue weighted by atomic mass is 16.5. The van der Waals surface area contributed by atoms with Crippen LogP contribution in [0, 0.1) is 11.8 Å². The Balaban J connectivity index is 2.76. The number of nitrogens with zero attached hydrogens (tertiary/aromatic N) is 1. The summed E-state index contributed by atoms with van der Waals surface area (Å²) in [5.74, 6) is 2.08. The van der Waals surface area contributed by atoms with Gasteiger partial charge >= 0.3 is 0 Å². The lowest BCUT2D eigenvalue weighted by Crippen LogP contribution is -2.24. The van der Waals surface area contributed by atoms with Crippen LogP contribution < -0.4 is 10.1 Å². The second-order valence-electron chi connectivity index (χ2n) is 5.89. The smallest absolute Gasteiger partial charge is 0.237 e. The summed E-state index contributed by atoms with van der Waals surface area (Å²) < 4.78 is 5.57. The normalized spacial score (nSPS) is 11.4. The van der Waals surface area contributed by atoms with Gasteiger partial charge in [0.25, 0.3) is 0 Å². The number of hydrogen-bond acceptors (Lipinski definition) is 3. The van der Waals surface area contributed by atoms with E-state index in [-0.39, 0.29) is 0 Å². The molecule has 0 aliphatic rings. The molecule has 0 aliphatic carbocycles. The van der Waals surface area contributed by atoms with Gasteiger partial charge in [-0.3, -0.25) is 0 Å². The molecule has 19 heavy (non-hydrogen) atoms. The molecule has 0 atom stereocenters. The van der Waals surface area contributed by atoms with Gasteiger partial charge < -0.3 is 10.1 Å². The number of aromatic nitrogens is 1. The van der Waals surface area contributed by atoms with E-state index in [1.165, 1.54) is 12.8 Å². The van der Waals surface area contributed by atoms with E-state index in [4.69, 9.17) is 4.74 Å².